The third-order valence-electron chi connectivity index (χ3n) is 2.21. The lowest BCUT2D eigenvalue weighted by Gasteiger charge is -2.11. The lowest BCUT2D eigenvalue weighted by atomic mass is 10.1. The predicted octanol–water partition coefficient (Wildman–Crippen LogP) is 1.25. The van der Waals surface area contributed by atoms with E-state index >= 15 is 0 Å². The molecule has 0 aliphatic heterocycles. The number of methoxy groups -OCH3 is 2. The zero-order valence-electron chi connectivity index (χ0n) is 9.75. The molecule has 0 bridgehead atoms. The van der Waals surface area contributed by atoms with Gasteiger partial charge in [-0.05, 0) is 12.1 Å². The van der Waals surface area contributed by atoms with Crippen LogP contribution in [0.1, 0.15) is 10.4 Å². The van der Waals surface area contributed by atoms with Crippen molar-refractivity contribution in [3.8, 4) is 0 Å². The Morgan fingerprint density at radius 1 is 1.47 bits per heavy atom. The Kier molecular flexibility index (Phi) is 4.71. The molecular formula is C11H15FN2O3. The highest BCUT2D eigenvalue weighted by Gasteiger charge is 2.16. The minimum atomic E-state index is -0.778. The number of carbonyl (C=O) groups is 1. The van der Waals surface area contributed by atoms with Crippen molar-refractivity contribution in [1.82, 2.24) is 0 Å². The molecule has 5 nitrogen and oxygen atoms in total. The Labute approximate surface area is 98.7 Å². The van der Waals surface area contributed by atoms with Crippen molar-refractivity contribution < 1.29 is 18.7 Å². The van der Waals surface area contributed by atoms with E-state index in [2.05, 4.69) is 10.1 Å². The fraction of sp³-hybridized carbons (Fsp3) is 0.364. The number of carbonyl (C=O) groups excluding carboxylic acids is 1. The molecule has 1 aromatic rings. The molecule has 94 valence electrons. The Balaban J connectivity index is 2.90. The summed E-state index contributed by atoms with van der Waals surface area (Å²) in [6.07, 6.45) is 0. The Bertz CT molecular complexity index is 410. The first-order chi connectivity index (χ1) is 8.11. The maximum atomic E-state index is 13.7. The summed E-state index contributed by atoms with van der Waals surface area (Å²) < 4.78 is 23.0. The van der Waals surface area contributed by atoms with E-state index in [0.717, 1.165) is 0 Å². The smallest absolute Gasteiger partial charge is 0.340 e. The molecule has 0 aromatic heterocycles. The summed E-state index contributed by atoms with van der Waals surface area (Å²) >= 11 is 0. The van der Waals surface area contributed by atoms with Crippen LogP contribution in [0.15, 0.2) is 12.1 Å². The van der Waals surface area contributed by atoms with Gasteiger partial charge in [-0.3, -0.25) is 0 Å². The lowest BCUT2D eigenvalue weighted by Crippen LogP contribution is -2.12. The van der Waals surface area contributed by atoms with Gasteiger partial charge in [0.2, 0.25) is 0 Å². The second kappa shape index (κ2) is 6.05. The second-order valence-electron chi connectivity index (χ2n) is 3.30. The monoisotopic (exact) mass is 242 g/mol. The van der Waals surface area contributed by atoms with Gasteiger partial charge in [0, 0.05) is 13.7 Å². The van der Waals surface area contributed by atoms with Gasteiger partial charge in [-0.1, -0.05) is 0 Å². The van der Waals surface area contributed by atoms with E-state index in [0.29, 0.717) is 18.8 Å². The summed E-state index contributed by atoms with van der Waals surface area (Å²) in [5.74, 6) is -1.53. The van der Waals surface area contributed by atoms with Crippen molar-refractivity contribution in [3.63, 3.8) is 0 Å². The average Bonchev–Trinajstić information content (AvgIpc) is 2.34. The number of ether oxygens (including phenoxy) is 2. The Morgan fingerprint density at radius 2 is 2.18 bits per heavy atom. The summed E-state index contributed by atoms with van der Waals surface area (Å²) in [7, 11) is 2.74. The van der Waals surface area contributed by atoms with E-state index < -0.39 is 11.8 Å². The molecule has 0 fully saturated rings. The normalized spacial score (nSPS) is 10.1. The largest absolute Gasteiger partial charge is 0.465 e. The fourth-order valence-corrected chi connectivity index (χ4v) is 1.30. The minimum Gasteiger partial charge on any atom is -0.465 e. The highest BCUT2D eigenvalue weighted by molar-refractivity contribution is 5.92. The average molecular weight is 242 g/mol. The molecule has 17 heavy (non-hydrogen) atoms. The molecule has 3 N–H and O–H groups in total. The van der Waals surface area contributed by atoms with Crippen molar-refractivity contribution >= 4 is 17.3 Å². The van der Waals surface area contributed by atoms with Gasteiger partial charge in [0.15, 0.2) is 5.82 Å². The third kappa shape index (κ3) is 3.07. The van der Waals surface area contributed by atoms with Crippen LogP contribution < -0.4 is 11.1 Å². The zero-order chi connectivity index (χ0) is 12.8. The molecule has 0 saturated carbocycles. The molecule has 0 radical (unpaired) electrons. The van der Waals surface area contributed by atoms with Crippen LogP contribution in [0.3, 0.4) is 0 Å². The molecule has 6 heteroatoms. The molecule has 0 amide bonds. The SMILES string of the molecule is COCCNc1ccc(C(=O)OC)c(F)c1N. The molecule has 0 aliphatic rings. The first-order valence-electron chi connectivity index (χ1n) is 5.01. The van der Waals surface area contributed by atoms with Crippen molar-refractivity contribution in [2.75, 3.05) is 38.4 Å². The number of hydrogen-bond acceptors (Lipinski definition) is 5. The summed E-state index contributed by atoms with van der Waals surface area (Å²) in [5.41, 5.74) is 5.71. The van der Waals surface area contributed by atoms with E-state index in [1.165, 1.54) is 19.2 Å². The highest BCUT2D eigenvalue weighted by atomic mass is 19.1. The van der Waals surface area contributed by atoms with Gasteiger partial charge in [-0.15, -0.1) is 0 Å². The van der Waals surface area contributed by atoms with Gasteiger partial charge in [-0.2, -0.15) is 0 Å². The van der Waals surface area contributed by atoms with E-state index in [4.69, 9.17) is 10.5 Å². The summed E-state index contributed by atoms with van der Waals surface area (Å²) in [5, 5.41) is 2.90. The van der Waals surface area contributed by atoms with Gasteiger partial charge in [0.1, 0.15) is 0 Å². The van der Waals surface area contributed by atoms with Crippen molar-refractivity contribution in [1.29, 1.82) is 0 Å². The van der Waals surface area contributed by atoms with Gasteiger partial charge >= 0.3 is 5.97 Å². The number of esters is 1. The van der Waals surface area contributed by atoms with Crippen LogP contribution >= 0.6 is 0 Å². The maximum Gasteiger partial charge on any atom is 0.340 e. The summed E-state index contributed by atoms with van der Waals surface area (Å²) in [6.45, 7) is 0.970. The van der Waals surface area contributed by atoms with Crippen molar-refractivity contribution in [2.24, 2.45) is 0 Å². The van der Waals surface area contributed by atoms with Gasteiger partial charge < -0.3 is 20.5 Å². The Morgan fingerprint density at radius 3 is 2.76 bits per heavy atom. The van der Waals surface area contributed by atoms with Gasteiger partial charge in [0.05, 0.1) is 30.7 Å². The molecular weight excluding hydrogens is 227 g/mol. The van der Waals surface area contributed by atoms with Crippen molar-refractivity contribution in [2.45, 2.75) is 0 Å². The van der Waals surface area contributed by atoms with Crippen LogP contribution in [-0.2, 0) is 9.47 Å². The number of benzene rings is 1. The van der Waals surface area contributed by atoms with E-state index in [1.807, 2.05) is 0 Å². The second-order valence-corrected chi connectivity index (χ2v) is 3.30. The Hall–Kier alpha value is -1.82. The van der Waals surface area contributed by atoms with Gasteiger partial charge in [-0.25, -0.2) is 9.18 Å². The minimum absolute atomic E-state index is 0.107. The zero-order valence-corrected chi connectivity index (χ0v) is 9.75. The van der Waals surface area contributed by atoms with E-state index in [1.54, 1.807) is 7.11 Å². The van der Waals surface area contributed by atoms with E-state index in [-0.39, 0.29) is 11.3 Å². The molecule has 0 spiro atoms. The fourth-order valence-electron chi connectivity index (χ4n) is 1.30. The molecule has 0 heterocycles. The standard InChI is InChI=1S/C11H15FN2O3/c1-16-6-5-14-8-4-3-7(11(15)17-2)9(12)10(8)13/h3-4,14H,5-6,13H2,1-2H3. The number of nitrogens with one attached hydrogen (secondary N) is 1. The number of nitrogens with two attached hydrogens (primary N) is 1. The van der Waals surface area contributed by atoms with E-state index in [9.17, 15) is 9.18 Å². The van der Waals surface area contributed by atoms with Crippen molar-refractivity contribution in [3.05, 3.63) is 23.5 Å². The molecule has 0 saturated heterocycles. The number of anilines is 2. The topological polar surface area (TPSA) is 73.6 Å². The van der Waals surface area contributed by atoms with Crippen LogP contribution in [0, 0.1) is 5.82 Å². The predicted molar refractivity (Wildman–Crippen MR) is 62.5 cm³/mol. The maximum absolute atomic E-state index is 13.7. The summed E-state index contributed by atoms with van der Waals surface area (Å²) in [6, 6.07) is 2.85. The number of nitrogen functional groups attached to an aromatic ring is 1. The molecule has 0 aliphatic carbocycles. The quantitative estimate of drug-likeness (QED) is 0.462. The lowest BCUT2D eigenvalue weighted by molar-refractivity contribution is 0.0595. The van der Waals surface area contributed by atoms with Crippen LogP contribution in [0.2, 0.25) is 0 Å². The van der Waals surface area contributed by atoms with Crippen LogP contribution in [0.5, 0.6) is 0 Å². The first kappa shape index (κ1) is 13.2. The molecule has 0 unspecified atom stereocenters. The van der Waals surface area contributed by atoms with Crippen LogP contribution in [0.4, 0.5) is 15.8 Å². The third-order valence-corrected chi connectivity index (χ3v) is 2.21. The highest BCUT2D eigenvalue weighted by Crippen LogP contribution is 2.25. The number of halogens is 1. The first-order valence-corrected chi connectivity index (χ1v) is 5.01. The number of hydrogen-bond donors (Lipinski definition) is 2. The van der Waals surface area contributed by atoms with Gasteiger partial charge in [0.25, 0.3) is 0 Å². The molecule has 1 aromatic carbocycles. The van der Waals surface area contributed by atoms with Crippen LogP contribution in [-0.4, -0.2) is 33.3 Å². The number of rotatable bonds is 5. The van der Waals surface area contributed by atoms with Crippen LogP contribution in [0.25, 0.3) is 0 Å². The summed E-state index contributed by atoms with van der Waals surface area (Å²) in [4.78, 5) is 11.2. The molecule has 1 rings (SSSR count). The molecule has 0 atom stereocenters.